The number of benzene rings is 9. The summed E-state index contributed by atoms with van der Waals surface area (Å²) in [5.41, 5.74) is 8.41. The van der Waals surface area contributed by atoms with Gasteiger partial charge in [-0.05, 0) is 56.8 Å². The van der Waals surface area contributed by atoms with Gasteiger partial charge in [-0.15, -0.1) is 0 Å². The minimum atomic E-state index is -0.274. The molecular weight excluding hydrogens is 685 g/mol. The van der Waals surface area contributed by atoms with E-state index in [9.17, 15) is 0 Å². The topological polar surface area (TPSA) is 54.5 Å². The smallest absolute Gasteiger partial charge is 0.138 e. The molecule has 0 bridgehead atoms. The number of aromatic nitrogens is 1. The van der Waals surface area contributed by atoms with E-state index >= 15 is 0 Å². The molecule has 12 rings (SSSR count). The standard InChI is InChI=1S/C51H34N4O/c1-2-15-33(16-3-1)49-52-50(35-26-25-31-13-4-5-17-34(31)29-35)54-51(53-49)40-22-12-24-44-48(40)47-38-20-9-8-19-37(38)43(30-45(47)56-44)55-41-23-11-10-21-39(41)46-36-18-7-6-14-32(36)27-28-42(46)55/h1-30,50-51,54H,(H,52,53). The van der Waals surface area contributed by atoms with Crippen molar-refractivity contribution in [2.24, 2.45) is 4.99 Å². The fraction of sp³-hybridized carbons (Fsp3) is 0.0392. The highest BCUT2D eigenvalue weighted by Crippen LogP contribution is 2.44. The number of fused-ring (bicyclic) bond motifs is 11. The van der Waals surface area contributed by atoms with Crippen molar-refractivity contribution >= 4 is 81.9 Å². The van der Waals surface area contributed by atoms with Crippen LogP contribution in [-0.2, 0) is 0 Å². The van der Waals surface area contributed by atoms with Gasteiger partial charge in [0, 0.05) is 44.1 Å². The Kier molecular flexibility index (Phi) is 6.76. The number of nitrogens with one attached hydrogen (secondary N) is 2. The first-order valence-corrected chi connectivity index (χ1v) is 19.2. The van der Waals surface area contributed by atoms with E-state index in [1.165, 1.54) is 48.7 Å². The Morgan fingerprint density at radius 3 is 2.07 bits per heavy atom. The lowest BCUT2D eigenvalue weighted by Gasteiger charge is -2.32. The first-order valence-electron chi connectivity index (χ1n) is 19.2. The summed E-state index contributed by atoms with van der Waals surface area (Å²) >= 11 is 0. The van der Waals surface area contributed by atoms with Gasteiger partial charge in [-0.2, -0.15) is 0 Å². The van der Waals surface area contributed by atoms with Gasteiger partial charge in [0.25, 0.3) is 0 Å². The van der Waals surface area contributed by atoms with Crippen LogP contribution >= 0.6 is 0 Å². The van der Waals surface area contributed by atoms with Gasteiger partial charge < -0.3 is 14.3 Å². The molecule has 0 aliphatic carbocycles. The molecule has 1 aliphatic rings. The maximum Gasteiger partial charge on any atom is 0.138 e. The van der Waals surface area contributed by atoms with Gasteiger partial charge in [0.05, 0.1) is 16.7 Å². The number of hydrogen-bond donors (Lipinski definition) is 2. The molecule has 0 saturated heterocycles. The molecule has 2 aromatic heterocycles. The van der Waals surface area contributed by atoms with Gasteiger partial charge in [0.2, 0.25) is 0 Å². The Balaban J connectivity index is 1.08. The Morgan fingerprint density at radius 1 is 0.482 bits per heavy atom. The van der Waals surface area contributed by atoms with Gasteiger partial charge in [-0.3, -0.25) is 5.32 Å². The van der Waals surface area contributed by atoms with Crippen LogP contribution in [0.2, 0.25) is 0 Å². The van der Waals surface area contributed by atoms with E-state index in [1.807, 2.05) is 6.07 Å². The number of hydrogen-bond acceptors (Lipinski definition) is 4. The molecule has 0 spiro atoms. The third kappa shape index (κ3) is 4.68. The molecule has 3 heterocycles. The summed E-state index contributed by atoms with van der Waals surface area (Å²) in [6.07, 6.45) is -0.531. The summed E-state index contributed by atoms with van der Waals surface area (Å²) in [4.78, 5) is 5.26. The van der Waals surface area contributed by atoms with E-state index in [2.05, 4.69) is 191 Å². The van der Waals surface area contributed by atoms with Gasteiger partial charge in [-0.25, -0.2) is 4.99 Å². The lowest BCUT2D eigenvalue weighted by atomic mass is 9.97. The first kappa shape index (κ1) is 31.2. The predicted octanol–water partition coefficient (Wildman–Crippen LogP) is 12.5. The average Bonchev–Trinajstić information content (AvgIpc) is 3.82. The summed E-state index contributed by atoms with van der Waals surface area (Å²) in [5.74, 6) is 0.850. The molecule has 264 valence electrons. The second kappa shape index (κ2) is 12.2. The van der Waals surface area contributed by atoms with E-state index in [1.54, 1.807) is 0 Å². The fourth-order valence-corrected chi connectivity index (χ4v) is 9.12. The quantitative estimate of drug-likeness (QED) is 0.190. The normalized spacial score (nSPS) is 16.0. The zero-order valence-electron chi connectivity index (χ0n) is 30.3. The summed E-state index contributed by atoms with van der Waals surface area (Å²) in [7, 11) is 0. The predicted molar refractivity (Wildman–Crippen MR) is 232 cm³/mol. The van der Waals surface area contributed by atoms with Gasteiger partial charge in [0.15, 0.2) is 0 Å². The van der Waals surface area contributed by atoms with E-state index in [0.29, 0.717) is 0 Å². The summed E-state index contributed by atoms with van der Waals surface area (Å²) < 4.78 is 9.32. The molecule has 0 saturated carbocycles. The molecule has 1 aliphatic heterocycles. The minimum Gasteiger partial charge on any atom is -0.456 e. The number of para-hydroxylation sites is 1. The van der Waals surface area contributed by atoms with Crippen LogP contribution < -0.4 is 10.6 Å². The SMILES string of the molecule is c1ccc(C2=NC(c3ccc4ccccc4c3)NC(c3cccc4oc5cc(-n6c7ccccc7c7c8ccccc8ccc76)c6ccccc6c5c34)N2)cc1. The molecule has 2 unspecified atom stereocenters. The van der Waals surface area contributed by atoms with Gasteiger partial charge >= 0.3 is 0 Å². The number of furan rings is 1. The molecule has 0 radical (unpaired) electrons. The molecule has 0 fully saturated rings. The van der Waals surface area contributed by atoms with E-state index in [0.717, 1.165) is 55.5 Å². The van der Waals surface area contributed by atoms with E-state index in [-0.39, 0.29) is 12.3 Å². The Bertz CT molecular complexity index is 3390. The van der Waals surface area contributed by atoms with Crippen LogP contribution in [0.15, 0.2) is 191 Å². The van der Waals surface area contributed by atoms with Crippen molar-refractivity contribution in [2.45, 2.75) is 12.3 Å². The second-order valence-electron chi connectivity index (χ2n) is 14.8. The Hall–Kier alpha value is -7.21. The molecule has 2 atom stereocenters. The number of rotatable bonds is 4. The lowest BCUT2D eigenvalue weighted by Crippen LogP contribution is -2.45. The number of aliphatic imine (C=N–C) groups is 1. The van der Waals surface area contributed by atoms with Crippen LogP contribution in [0, 0.1) is 0 Å². The second-order valence-corrected chi connectivity index (χ2v) is 14.8. The van der Waals surface area contributed by atoms with Crippen LogP contribution in [0.4, 0.5) is 0 Å². The highest BCUT2D eigenvalue weighted by molar-refractivity contribution is 6.25. The maximum absolute atomic E-state index is 6.90. The highest BCUT2D eigenvalue weighted by atomic mass is 16.3. The zero-order chi connectivity index (χ0) is 36.7. The molecule has 5 nitrogen and oxygen atoms in total. The van der Waals surface area contributed by atoms with Crippen LogP contribution in [-0.4, -0.2) is 10.4 Å². The molecule has 5 heteroatoms. The van der Waals surface area contributed by atoms with Crippen molar-refractivity contribution in [3.63, 3.8) is 0 Å². The van der Waals surface area contributed by atoms with Crippen LogP contribution in [0.1, 0.15) is 29.0 Å². The Morgan fingerprint density at radius 2 is 1.20 bits per heavy atom. The number of nitrogens with zero attached hydrogens (tertiary/aromatic N) is 2. The highest BCUT2D eigenvalue weighted by Gasteiger charge is 2.29. The van der Waals surface area contributed by atoms with Crippen molar-refractivity contribution in [3.05, 3.63) is 199 Å². The van der Waals surface area contributed by atoms with Gasteiger partial charge in [-0.1, -0.05) is 152 Å². The summed E-state index contributed by atoms with van der Waals surface area (Å²) in [5, 5.41) is 19.6. The molecule has 0 amide bonds. The summed E-state index contributed by atoms with van der Waals surface area (Å²) in [6.45, 7) is 0. The average molecular weight is 719 g/mol. The molecule has 11 aromatic rings. The van der Waals surface area contributed by atoms with Gasteiger partial charge in [0.1, 0.15) is 29.3 Å². The molecular formula is C51H34N4O. The number of amidine groups is 1. The van der Waals surface area contributed by atoms with E-state index < -0.39 is 0 Å². The monoisotopic (exact) mass is 718 g/mol. The van der Waals surface area contributed by atoms with Crippen LogP contribution in [0.3, 0.4) is 0 Å². The van der Waals surface area contributed by atoms with Crippen molar-refractivity contribution < 1.29 is 4.42 Å². The Labute approximate surface area is 322 Å². The lowest BCUT2D eigenvalue weighted by molar-refractivity contribution is 0.411. The largest absolute Gasteiger partial charge is 0.456 e. The van der Waals surface area contributed by atoms with E-state index in [4.69, 9.17) is 9.41 Å². The minimum absolute atomic E-state index is 0.257. The third-order valence-corrected chi connectivity index (χ3v) is 11.6. The van der Waals surface area contributed by atoms with Crippen molar-refractivity contribution in [3.8, 4) is 5.69 Å². The third-order valence-electron chi connectivity index (χ3n) is 11.6. The zero-order valence-corrected chi connectivity index (χ0v) is 30.3. The first-order chi connectivity index (χ1) is 27.8. The molecule has 56 heavy (non-hydrogen) atoms. The van der Waals surface area contributed by atoms with Crippen molar-refractivity contribution in [1.82, 2.24) is 15.2 Å². The summed E-state index contributed by atoms with van der Waals surface area (Å²) in [6, 6.07) is 64.9. The van der Waals surface area contributed by atoms with Crippen molar-refractivity contribution in [2.75, 3.05) is 0 Å². The maximum atomic E-state index is 6.90. The van der Waals surface area contributed by atoms with Crippen LogP contribution in [0.25, 0.3) is 81.7 Å². The molecule has 9 aromatic carbocycles. The fourth-order valence-electron chi connectivity index (χ4n) is 9.12. The molecule has 2 N–H and O–H groups in total. The van der Waals surface area contributed by atoms with Crippen molar-refractivity contribution in [1.29, 1.82) is 0 Å². The van der Waals surface area contributed by atoms with Crippen LogP contribution in [0.5, 0.6) is 0 Å².